The average molecular weight is 262 g/mol. The summed E-state index contributed by atoms with van der Waals surface area (Å²) < 4.78 is 0. The lowest BCUT2D eigenvalue weighted by atomic mass is 10.2. The molecule has 0 atom stereocenters. The van der Waals surface area contributed by atoms with Gasteiger partial charge in [0.1, 0.15) is 0 Å². The summed E-state index contributed by atoms with van der Waals surface area (Å²) in [5, 5.41) is 7.95. The van der Waals surface area contributed by atoms with Crippen molar-refractivity contribution in [3.63, 3.8) is 0 Å². The van der Waals surface area contributed by atoms with E-state index in [1.54, 1.807) is 12.1 Å². The topological polar surface area (TPSA) is 96.2 Å². The quantitative estimate of drug-likeness (QED) is 0.623. The second-order valence-corrected chi connectivity index (χ2v) is 4.55. The molecule has 0 unspecified atom stereocenters. The number of nitrogens with two attached hydrogens (primary N) is 1. The number of carbonyl (C=O) groups is 2. The van der Waals surface area contributed by atoms with Crippen LogP contribution in [0.4, 0.5) is 10.5 Å². The molecule has 1 aromatic carbocycles. The Kier molecular flexibility index (Phi) is 4.35. The third-order valence-electron chi connectivity index (χ3n) is 2.80. The first kappa shape index (κ1) is 13.4. The third-order valence-corrected chi connectivity index (χ3v) is 2.80. The summed E-state index contributed by atoms with van der Waals surface area (Å²) in [7, 11) is 0. The Balaban J connectivity index is 1.71. The van der Waals surface area contributed by atoms with Crippen LogP contribution in [0.2, 0.25) is 0 Å². The minimum Gasteiger partial charge on any atom is -0.352 e. The molecule has 1 aromatic rings. The van der Waals surface area contributed by atoms with Gasteiger partial charge in [-0.1, -0.05) is 12.1 Å². The van der Waals surface area contributed by atoms with Gasteiger partial charge in [-0.05, 0) is 30.5 Å². The van der Waals surface area contributed by atoms with E-state index in [-0.39, 0.29) is 12.5 Å². The van der Waals surface area contributed by atoms with Crippen LogP contribution in [0.15, 0.2) is 24.3 Å². The van der Waals surface area contributed by atoms with Gasteiger partial charge in [-0.2, -0.15) is 0 Å². The summed E-state index contributed by atoms with van der Waals surface area (Å²) in [6, 6.07) is 7.13. The maximum atomic E-state index is 11.5. The maximum absolute atomic E-state index is 11.5. The first-order chi connectivity index (χ1) is 9.17. The van der Waals surface area contributed by atoms with Crippen molar-refractivity contribution >= 4 is 17.6 Å². The fourth-order valence-electron chi connectivity index (χ4n) is 1.57. The van der Waals surface area contributed by atoms with E-state index in [2.05, 4.69) is 16.0 Å². The molecule has 0 aliphatic heterocycles. The molecule has 1 saturated carbocycles. The summed E-state index contributed by atoms with van der Waals surface area (Å²) in [5.74, 6) is -0.156. The van der Waals surface area contributed by atoms with Crippen molar-refractivity contribution < 1.29 is 9.59 Å². The van der Waals surface area contributed by atoms with Crippen molar-refractivity contribution in [2.24, 2.45) is 5.73 Å². The Morgan fingerprint density at radius 3 is 2.47 bits per heavy atom. The summed E-state index contributed by atoms with van der Waals surface area (Å²) >= 11 is 0. The van der Waals surface area contributed by atoms with E-state index in [0.29, 0.717) is 18.3 Å². The Morgan fingerprint density at radius 2 is 1.89 bits per heavy atom. The van der Waals surface area contributed by atoms with Gasteiger partial charge in [-0.25, -0.2) is 4.79 Å². The van der Waals surface area contributed by atoms with Gasteiger partial charge in [0.15, 0.2) is 0 Å². The van der Waals surface area contributed by atoms with Gasteiger partial charge in [-0.3, -0.25) is 4.79 Å². The predicted molar refractivity (Wildman–Crippen MR) is 72.5 cm³/mol. The third kappa shape index (κ3) is 4.59. The number of hydrogen-bond acceptors (Lipinski definition) is 3. The highest BCUT2D eigenvalue weighted by Gasteiger charge is 2.23. The second kappa shape index (κ2) is 6.19. The van der Waals surface area contributed by atoms with E-state index >= 15 is 0 Å². The first-order valence-corrected chi connectivity index (χ1v) is 6.30. The molecule has 2 rings (SSSR count). The molecule has 3 amide bonds. The molecule has 6 nitrogen and oxygen atoms in total. The van der Waals surface area contributed by atoms with Crippen LogP contribution in [-0.4, -0.2) is 24.5 Å². The van der Waals surface area contributed by atoms with E-state index < -0.39 is 6.03 Å². The van der Waals surface area contributed by atoms with Crippen molar-refractivity contribution in [3.05, 3.63) is 29.8 Å². The van der Waals surface area contributed by atoms with E-state index in [0.717, 1.165) is 18.4 Å². The molecule has 0 saturated heterocycles. The molecule has 102 valence electrons. The van der Waals surface area contributed by atoms with Gasteiger partial charge in [-0.15, -0.1) is 0 Å². The normalized spacial score (nSPS) is 13.7. The molecule has 1 fully saturated rings. The van der Waals surface area contributed by atoms with Gasteiger partial charge in [0.2, 0.25) is 5.91 Å². The highest BCUT2D eigenvalue weighted by Crippen LogP contribution is 2.18. The van der Waals surface area contributed by atoms with Crippen molar-refractivity contribution in [1.29, 1.82) is 0 Å². The number of carbonyl (C=O) groups excluding carboxylic acids is 2. The largest absolute Gasteiger partial charge is 0.352 e. The monoisotopic (exact) mass is 262 g/mol. The highest BCUT2D eigenvalue weighted by molar-refractivity contribution is 5.92. The van der Waals surface area contributed by atoms with Crippen molar-refractivity contribution in [2.45, 2.75) is 25.4 Å². The summed E-state index contributed by atoms with van der Waals surface area (Å²) in [4.78, 5) is 22.9. The number of nitrogens with one attached hydrogen (secondary N) is 3. The van der Waals surface area contributed by atoms with E-state index in [1.807, 2.05) is 12.1 Å². The Bertz CT molecular complexity index is 454. The number of amides is 3. The number of urea groups is 1. The molecule has 0 spiro atoms. The van der Waals surface area contributed by atoms with Crippen molar-refractivity contribution in [2.75, 3.05) is 11.9 Å². The molecular weight excluding hydrogens is 244 g/mol. The van der Waals surface area contributed by atoms with Gasteiger partial charge in [0.25, 0.3) is 0 Å². The number of rotatable bonds is 5. The van der Waals surface area contributed by atoms with E-state index in [9.17, 15) is 9.59 Å². The SMILES string of the molecule is NCc1ccc(NC(=O)NCC(=O)NC2CC2)cc1. The second-order valence-electron chi connectivity index (χ2n) is 4.55. The van der Waals surface area contributed by atoms with Crippen LogP contribution in [0, 0.1) is 0 Å². The average Bonchev–Trinajstić information content (AvgIpc) is 3.21. The molecule has 0 heterocycles. The standard InChI is InChI=1S/C13H18N4O2/c14-7-9-1-3-11(4-2-9)17-13(19)15-8-12(18)16-10-5-6-10/h1-4,10H,5-8,14H2,(H,16,18)(H2,15,17,19). The van der Waals surface area contributed by atoms with Crippen molar-refractivity contribution in [3.8, 4) is 0 Å². The Hall–Kier alpha value is -2.08. The van der Waals surface area contributed by atoms with Crippen LogP contribution < -0.4 is 21.7 Å². The summed E-state index contributed by atoms with van der Waals surface area (Å²) in [6.45, 7) is 0.455. The smallest absolute Gasteiger partial charge is 0.319 e. The minimum absolute atomic E-state index is 0.0107. The number of benzene rings is 1. The van der Waals surface area contributed by atoms with Crippen LogP contribution in [0.25, 0.3) is 0 Å². The van der Waals surface area contributed by atoms with E-state index in [4.69, 9.17) is 5.73 Å². The van der Waals surface area contributed by atoms with Gasteiger partial charge >= 0.3 is 6.03 Å². The van der Waals surface area contributed by atoms with E-state index in [1.165, 1.54) is 0 Å². The van der Waals surface area contributed by atoms with Crippen LogP contribution in [0.5, 0.6) is 0 Å². The maximum Gasteiger partial charge on any atom is 0.319 e. The predicted octanol–water partition coefficient (Wildman–Crippen LogP) is 0.545. The summed E-state index contributed by atoms with van der Waals surface area (Å²) in [5.41, 5.74) is 7.14. The fourth-order valence-corrected chi connectivity index (χ4v) is 1.57. The highest BCUT2D eigenvalue weighted by atomic mass is 16.2. The van der Waals surface area contributed by atoms with Crippen molar-refractivity contribution in [1.82, 2.24) is 10.6 Å². The molecular formula is C13H18N4O2. The molecule has 0 radical (unpaired) electrons. The number of anilines is 1. The van der Waals surface area contributed by atoms with Crippen LogP contribution in [0.3, 0.4) is 0 Å². The molecule has 1 aliphatic rings. The van der Waals surface area contributed by atoms with Crippen LogP contribution in [0.1, 0.15) is 18.4 Å². The minimum atomic E-state index is -0.397. The molecule has 19 heavy (non-hydrogen) atoms. The summed E-state index contributed by atoms with van der Waals surface area (Å²) in [6.07, 6.45) is 2.07. The zero-order chi connectivity index (χ0) is 13.7. The lowest BCUT2D eigenvalue weighted by Gasteiger charge is -2.08. The molecule has 0 bridgehead atoms. The lowest BCUT2D eigenvalue weighted by molar-refractivity contribution is -0.120. The van der Waals surface area contributed by atoms with Gasteiger partial charge in [0, 0.05) is 18.3 Å². The Labute approximate surface area is 111 Å². The lowest BCUT2D eigenvalue weighted by Crippen LogP contribution is -2.39. The first-order valence-electron chi connectivity index (χ1n) is 6.30. The van der Waals surface area contributed by atoms with Gasteiger partial charge < -0.3 is 21.7 Å². The Morgan fingerprint density at radius 1 is 1.21 bits per heavy atom. The van der Waals surface area contributed by atoms with Gasteiger partial charge in [0.05, 0.1) is 6.54 Å². The van der Waals surface area contributed by atoms with Crippen LogP contribution >= 0.6 is 0 Å². The molecule has 1 aliphatic carbocycles. The number of hydrogen-bond donors (Lipinski definition) is 4. The zero-order valence-corrected chi connectivity index (χ0v) is 10.6. The fraction of sp³-hybridized carbons (Fsp3) is 0.385. The molecule has 5 N–H and O–H groups in total. The molecule has 6 heteroatoms. The van der Waals surface area contributed by atoms with Crippen LogP contribution in [-0.2, 0) is 11.3 Å². The molecule has 0 aromatic heterocycles. The zero-order valence-electron chi connectivity index (χ0n) is 10.6.